The lowest BCUT2D eigenvalue weighted by atomic mass is 10.2. The molecule has 0 unspecified atom stereocenters. The summed E-state index contributed by atoms with van der Waals surface area (Å²) >= 11 is 5.81. The first-order chi connectivity index (χ1) is 6.72. The zero-order valence-electron chi connectivity index (χ0n) is 8.04. The molecule has 4 heteroatoms. The number of hydrogen-bond acceptors (Lipinski definition) is 3. The Labute approximate surface area is 87.6 Å². The average Bonchev–Trinajstić information content (AvgIpc) is 2.20. The first kappa shape index (κ1) is 10.9. The molecule has 1 aromatic rings. The van der Waals surface area contributed by atoms with Crippen molar-refractivity contribution in [3.05, 3.63) is 22.7 Å². The highest BCUT2D eigenvalue weighted by atomic mass is 35.5. The van der Waals surface area contributed by atoms with Crippen molar-refractivity contribution in [2.24, 2.45) is 0 Å². The van der Waals surface area contributed by atoms with Gasteiger partial charge in [-0.1, -0.05) is 11.6 Å². The van der Waals surface area contributed by atoms with Gasteiger partial charge in [0.15, 0.2) is 17.8 Å². The smallest absolute Gasteiger partial charge is 0.162 e. The summed E-state index contributed by atoms with van der Waals surface area (Å²) in [5.74, 6) is 1.06. The molecule has 3 nitrogen and oxygen atoms in total. The summed E-state index contributed by atoms with van der Waals surface area (Å²) < 4.78 is 10.3. The van der Waals surface area contributed by atoms with Gasteiger partial charge in [-0.3, -0.25) is 4.79 Å². The van der Waals surface area contributed by atoms with E-state index in [1.165, 1.54) is 7.11 Å². The number of aldehydes is 1. The third-order valence-electron chi connectivity index (χ3n) is 1.71. The molecule has 0 atom stereocenters. The summed E-state index contributed by atoms with van der Waals surface area (Å²) in [6.45, 7) is 2.37. The van der Waals surface area contributed by atoms with Crippen LogP contribution in [0.2, 0.25) is 5.02 Å². The van der Waals surface area contributed by atoms with Gasteiger partial charge in [-0.2, -0.15) is 0 Å². The predicted molar refractivity (Wildman–Crippen MR) is 54.6 cm³/mol. The predicted octanol–water partition coefficient (Wildman–Crippen LogP) is 2.56. The van der Waals surface area contributed by atoms with Crippen molar-refractivity contribution < 1.29 is 14.3 Å². The molecule has 0 aliphatic rings. The Morgan fingerprint density at radius 3 is 2.64 bits per heavy atom. The van der Waals surface area contributed by atoms with Crippen LogP contribution in [0.5, 0.6) is 11.5 Å². The lowest BCUT2D eigenvalue weighted by molar-refractivity contribution is 0.112. The number of methoxy groups -OCH3 is 1. The van der Waals surface area contributed by atoms with Gasteiger partial charge < -0.3 is 9.47 Å². The van der Waals surface area contributed by atoms with Crippen LogP contribution < -0.4 is 9.47 Å². The van der Waals surface area contributed by atoms with Crippen LogP contribution in [0.4, 0.5) is 0 Å². The van der Waals surface area contributed by atoms with Gasteiger partial charge in [0.1, 0.15) is 0 Å². The average molecular weight is 215 g/mol. The van der Waals surface area contributed by atoms with Crippen LogP contribution in [0.25, 0.3) is 0 Å². The molecule has 0 bridgehead atoms. The van der Waals surface area contributed by atoms with Gasteiger partial charge in [0, 0.05) is 11.6 Å². The van der Waals surface area contributed by atoms with Gasteiger partial charge in [0.05, 0.1) is 18.7 Å². The molecule has 1 aromatic carbocycles. The number of carbonyl (C=O) groups excluding carboxylic acids is 1. The van der Waals surface area contributed by atoms with Gasteiger partial charge in [-0.05, 0) is 13.0 Å². The van der Waals surface area contributed by atoms with Crippen molar-refractivity contribution in [2.45, 2.75) is 6.92 Å². The molecule has 0 saturated heterocycles. The molecule has 0 N–H and O–H groups in total. The quantitative estimate of drug-likeness (QED) is 0.723. The highest BCUT2D eigenvalue weighted by Gasteiger charge is 2.09. The van der Waals surface area contributed by atoms with Crippen LogP contribution in [0, 0.1) is 0 Å². The van der Waals surface area contributed by atoms with Crippen LogP contribution in [0.1, 0.15) is 17.3 Å². The SMILES string of the molecule is CCOc1cc(C=O)c(Cl)cc1OC. The summed E-state index contributed by atoms with van der Waals surface area (Å²) in [5.41, 5.74) is 0.399. The third kappa shape index (κ3) is 2.17. The van der Waals surface area contributed by atoms with E-state index in [0.29, 0.717) is 35.0 Å². The van der Waals surface area contributed by atoms with Gasteiger partial charge in [-0.15, -0.1) is 0 Å². The number of hydrogen-bond donors (Lipinski definition) is 0. The van der Waals surface area contributed by atoms with Crippen molar-refractivity contribution >= 4 is 17.9 Å². The summed E-state index contributed by atoms with van der Waals surface area (Å²) in [4.78, 5) is 10.6. The molecule has 76 valence electrons. The third-order valence-corrected chi connectivity index (χ3v) is 2.04. The second kappa shape index (κ2) is 4.86. The van der Waals surface area contributed by atoms with Crippen LogP contribution in [0.3, 0.4) is 0 Å². The molecule has 0 aliphatic heterocycles. The van der Waals surface area contributed by atoms with Crippen LogP contribution in [-0.4, -0.2) is 20.0 Å². The molecule has 0 radical (unpaired) electrons. The lowest BCUT2D eigenvalue weighted by Crippen LogP contribution is -1.97. The molecule has 1 rings (SSSR count). The maximum absolute atomic E-state index is 10.6. The van der Waals surface area contributed by atoms with Gasteiger partial charge in [0.2, 0.25) is 0 Å². The normalized spacial score (nSPS) is 9.64. The van der Waals surface area contributed by atoms with Gasteiger partial charge >= 0.3 is 0 Å². The Bertz CT molecular complexity index is 336. The Morgan fingerprint density at radius 1 is 1.43 bits per heavy atom. The number of benzene rings is 1. The summed E-state index contributed by atoms with van der Waals surface area (Å²) in [7, 11) is 1.52. The van der Waals surface area contributed by atoms with E-state index in [1.807, 2.05) is 6.92 Å². The van der Waals surface area contributed by atoms with Crippen molar-refractivity contribution in [2.75, 3.05) is 13.7 Å². The second-order valence-corrected chi connectivity index (χ2v) is 2.98. The van der Waals surface area contributed by atoms with Crippen LogP contribution in [0.15, 0.2) is 12.1 Å². The zero-order chi connectivity index (χ0) is 10.6. The lowest BCUT2D eigenvalue weighted by Gasteiger charge is -2.10. The minimum Gasteiger partial charge on any atom is -0.493 e. The Balaban J connectivity index is 3.17. The van der Waals surface area contributed by atoms with E-state index in [0.717, 1.165) is 0 Å². The molecule has 0 aromatic heterocycles. The molecule has 0 spiro atoms. The molecule has 0 fully saturated rings. The van der Waals surface area contributed by atoms with E-state index in [4.69, 9.17) is 21.1 Å². The molecular weight excluding hydrogens is 204 g/mol. The highest BCUT2D eigenvalue weighted by Crippen LogP contribution is 2.32. The van der Waals surface area contributed by atoms with Crippen LogP contribution >= 0.6 is 11.6 Å². The molecular formula is C10H11ClO3. The number of halogens is 1. The van der Waals surface area contributed by atoms with E-state index in [9.17, 15) is 4.79 Å². The summed E-state index contributed by atoms with van der Waals surface area (Å²) in [5, 5.41) is 0.361. The van der Waals surface area contributed by atoms with Crippen molar-refractivity contribution in [1.82, 2.24) is 0 Å². The molecule has 14 heavy (non-hydrogen) atoms. The number of ether oxygens (including phenoxy) is 2. The van der Waals surface area contributed by atoms with E-state index < -0.39 is 0 Å². The van der Waals surface area contributed by atoms with E-state index in [1.54, 1.807) is 12.1 Å². The zero-order valence-corrected chi connectivity index (χ0v) is 8.80. The Morgan fingerprint density at radius 2 is 2.14 bits per heavy atom. The number of rotatable bonds is 4. The highest BCUT2D eigenvalue weighted by molar-refractivity contribution is 6.33. The summed E-state index contributed by atoms with van der Waals surface area (Å²) in [6, 6.07) is 3.13. The fraction of sp³-hybridized carbons (Fsp3) is 0.300. The second-order valence-electron chi connectivity index (χ2n) is 2.58. The van der Waals surface area contributed by atoms with Crippen LogP contribution in [-0.2, 0) is 0 Å². The summed E-state index contributed by atoms with van der Waals surface area (Å²) in [6.07, 6.45) is 0.685. The maximum atomic E-state index is 10.6. The van der Waals surface area contributed by atoms with Gasteiger partial charge in [0.25, 0.3) is 0 Å². The number of carbonyl (C=O) groups is 1. The van der Waals surface area contributed by atoms with E-state index in [-0.39, 0.29) is 0 Å². The van der Waals surface area contributed by atoms with Crippen molar-refractivity contribution in [3.8, 4) is 11.5 Å². The molecule has 0 amide bonds. The molecule has 0 heterocycles. The fourth-order valence-electron chi connectivity index (χ4n) is 1.07. The first-order valence-electron chi connectivity index (χ1n) is 4.18. The minimum absolute atomic E-state index is 0.361. The maximum Gasteiger partial charge on any atom is 0.162 e. The Kier molecular flexibility index (Phi) is 3.77. The topological polar surface area (TPSA) is 35.5 Å². The van der Waals surface area contributed by atoms with E-state index in [2.05, 4.69) is 0 Å². The van der Waals surface area contributed by atoms with Crippen molar-refractivity contribution in [1.29, 1.82) is 0 Å². The minimum atomic E-state index is 0.361. The van der Waals surface area contributed by atoms with Crippen molar-refractivity contribution in [3.63, 3.8) is 0 Å². The van der Waals surface area contributed by atoms with Gasteiger partial charge in [-0.25, -0.2) is 0 Å². The monoisotopic (exact) mass is 214 g/mol. The molecule has 0 saturated carbocycles. The van der Waals surface area contributed by atoms with E-state index >= 15 is 0 Å². The Hall–Kier alpha value is -1.22. The molecule has 0 aliphatic carbocycles. The first-order valence-corrected chi connectivity index (χ1v) is 4.56. The largest absolute Gasteiger partial charge is 0.493 e. The standard InChI is InChI=1S/C10H11ClO3/c1-3-14-10-4-7(6-12)8(11)5-9(10)13-2/h4-6H,3H2,1-2H3. The fourth-order valence-corrected chi connectivity index (χ4v) is 1.27.